The van der Waals surface area contributed by atoms with Gasteiger partial charge in [-0.3, -0.25) is 4.79 Å². The SMILES string of the molecule is COC(=O)[C@]12CCC(C)(C)C[C@H]1C1=CC[C@@H]3[C@@]4(C)CC[C@H](O)[C@@](C)(C=O)[C@@H]4CC[C@@]3(C)[C@]1(C)CC2. The number of carbonyl (C=O) groups is 2. The van der Waals surface area contributed by atoms with Crippen molar-refractivity contribution in [1.82, 2.24) is 0 Å². The van der Waals surface area contributed by atoms with Gasteiger partial charge in [0.15, 0.2) is 0 Å². The summed E-state index contributed by atoms with van der Waals surface area (Å²) in [6.07, 6.45) is 12.9. The van der Waals surface area contributed by atoms with Crippen LogP contribution in [0, 0.1) is 50.2 Å². The Hall–Kier alpha value is -1.16. The number of allylic oxidation sites excluding steroid dienone is 2. The van der Waals surface area contributed by atoms with Crippen LogP contribution in [0.2, 0.25) is 0 Å². The highest BCUT2D eigenvalue weighted by atomic mass is 16.5. The van der Waals surface area contributed by atoms with E-state index in [0.717, 1.165) is 64.1 Å². The summed E-state index contributed by atoms with van der Waals surface area (Å²) in [5, 5.41) is 10.9. The normalized spacial score (nSPS) is 52.6. The number of aliphatic hydroxyl groups excluding tert-OH is 1. The van der Waals surface area contributed by atoms with Gasteiger partial charge in [0.2, 0.25) is 0 Å². The van der Waals surface area contributed by atoms with Crippen molar-refractivity contribution in [2.45, 2.75) is 112 Å². The third-order valence-electron chi connectivity index (χ3n) is 13.2. The molecule has 35 heavy (non-hydrogen) atoms. The monoisotopic (exact) mass is 484 g/mol. The Labute approximate surface area is 212 Å². The van der Waals surface area contributed by atoms with E-state index in [1.54, 1.807) is 7.11 Å². The van der Waals surface area contributed by atoms with Crippen LogP contribution in [-0.4, -0.2) is 30.6 Å². The Morgan fingerprint density at radius 2 is 1.66 bits per heavy atom. The number of hydrogen-bond donors (Lipinski definition) is 1. The second-order valence-corrected chi connectivity index (χ2v) is 14.9. The Balaban J connectivity index is 1.60. The highest BCUT2D eigenvalue weighted by Gasteiger charge is 2.69. The Kier molecular flexibility index (Phi) is 5.59. The van der Waals surface area contributed by atoms with Crippen LogP contribution in [0.4, 0.5) is 0 Å². The summed E-state index contributed by atoms with van der Waals surface area (Å²) >= 11 is 0. The maximum atomic E-state index is 13.3. The molecule has 1 N–H and O–H groups in total. The number of aliphatic hydroxyl groups is 1. The highest BCUT2D eigenvalue weighted by molar-refractivity contribution is 5.78. The van der Waals surface area contributed by atoms with Crippen molar-refractivity contribution in [2.75, 3.05) is 7.11 Å². The van der Waals surface area contributed by atoms with Crippen LogP contribution in [-0.2, 0) is 14.3 Å². The van der Waals surface area contributed by atoms with Gasteiger partial charge in [-0.25, -0.2) is 0 Å². The van der Waals surface area contributed by atoms with E-state index in [2.05, 4.69) is 40.7 Å². The molecule has 196 valence electrons. The Morgan fingerprint density at radius 3 is 2.31 bits per heavy atom. The smallest absolute Gasteiger partial charge is 0.312 e. The summed E-state index contributed by atoms with van der Waals surface area (Å²) in [7, 11) is 1.57. The fourth-order valence-electron chi connectivity index (χ4n) is 10.7. The van der Waals surface area contributed by atoms with Crippen molar-refractivity contribution < 1.29 is 19.4 Å². The number of fused-ring (bicyclic) bond motifs is 7. The van der Waals surface area contributed by atoms with Gasteiger partial charge in [-0.1, -0.05) is 53.2 Å². The summed E-state index contributed by atoms with van der Waals surface area (Å²) in [6, 6.07) is 0. The quantitative estimate of drug-likeness (QED) is 0.276. The molecular weight excluding hydrogens is 436 g/mol. The van der Waals surface area contributed by atoms with Crippen molar-refractivity contribution >= 4 is 12.3 Å². The molecule has 0 radical (unpaired) electrons. The second-order valence-electron chi connectivity index (χ2n) is 14.9. The molecule has 0 aromatic heterocycles. The molecule has 4 heteroatoms. The van der Waals surface area contributed by atoms with Crippen molar-refractivity contribution in [2.24, 2.45) is 50.2 Å². The minimum Gasteiger partial charge on any atom is -0.469 e. The van der Waals surface area contributed by atoms with Crippen molar-refractivity contribution in [1.29, 1.82) is 0 Å². The molecule has 9 atom stereocenters. The zero-order valence-electron chi connectivity index (χ0n) is 23.2. The maximum absolute atomic E-state index is 13.3. The minimum absolute atomic E-state index is 0.00640. The van der Waals surface area contributed by atoms with E-state index in [9.17, 15) is 14.7 Å². The molecule has 0 aromatic rings. The molecule has 0 spiro atoms. The second kappa shape index (κ2) is 7.68. The number of carbonyl (C=O) groups excluding carboxylic acids is 2. The number of aldehydes is 1. The molecule has 4 saturated carbocycles. The molecule has 4 fully saturated rings. The van der Waals surface area contributed by atoms with Gasteiger partial charge in [-0.2, -0.15) is 0 Å². The van der Waals surface area contributed by atoms with E-state index in [1.807, 2.05) is 6.92 Å². The first-order chi connectivity index (χ1) is 16.2. The van der Waals surface area contributed by atoms with Gasteiger partial charge < -0.3 is 14.6 Å². The predicted octanol–water partition coefficient (Wildman–Crippen LogP) is 6.50. The lowest BCUT2D eigenvalue weighted by atomic mass is 9.33. The number of esters is 1. The van der Waals surface area contributed by atoms with Crippen LogP contribution >= 0.6 is 0 Å². The lowest BCUT2D eigenvalue weighted by Gasteiger charge is -2.71. The van der Waals surface area contributed by atoms with Gasteiger partial charge in [0, 0.05) is 0 Å². The standard InChI is InChI=1S/C31H48O4/c1-26(2)14-16-31(25(34)35-7)17-15-29(5)20(21(31)18-26)8-9-23-27(3)12-11-24(33)28(4,19-32)22(27)10-13-30(23,29)6/h8,19,21-24,33H,9-18H2,1-7H3/t21-,22+,23+,24-,27-,28-,29+,30+,31-/m0/s1. The average molecular weight is 485 g/mol. The van der Waals surface area contributed by atoms with Crippen LogP contribution in [0.5, 0.6) is 0 Å². The van der Waals surface area contributed by atoms with Crippen LogP contribution in [0.1, 0.15) is 106 Å². The van der Waals surface area contributed by atoms with E-state index in [-0.39, 0.29) is 44.9 Å². The van der Waals surface area contributed by atoms with Gasteiger partial charge in [0.05, 0.1) is 24.0 Å². The first kappa shape index (κ1) is 25.5. The first-order valence-electron chi connectivity index (χ1n) is 14.2. The molecule has 0 aromatic carbocycles. The van der Waals surface area contributed by atoms with E-state index >= 15 is 0 Å². The minimum atomic E-state index is -0.654. The van der Waals surface area contributed by atoms with E-state index in [0.29, 0.717) is 12.3 Å². The predicted molar refractivity (Wildman–Crippen MR) is 137 cm³/mol. The summed E-state index contributed by atoms with van der Waals surface area (Å²) in [6.45, 7) is 14.2. The molecule has 0 saturated heterocycles. The van der Waals surface area contributed by atoms with E-state index in [4.69, 9.17) is 4.74 Å². The molecule has 0 bridgehead atoms. The Morgan fingerprint density at radius 1 is 0.971 bits per heavy atom. The lowest BCUT2D eigenvalue weighted by Crippen LogP contribution is -2.65. The average Bonchev–Trinajstić information content (AvgIpc) is 2.81. The fraction of sp³-hybridized carbons (Fsp3) is 0.871. The van der Waals surface area contributed by atoms with Crippen molar-refractivity contribution in [3.05, 3.63) is 11.6 Å². The van der Waals surface area contributed by atoms with E-state index < -0.39 is 11.5 Å². The number of rotatable bonds is 2. The number of ether oxygens (including phenoxy) is 1. The van der Waals surface area contributed by atoms with Gasteiger partial charge in [-0.05, 0) is 104 Å². The zero-order chi connectivity index (χ0) is 25.7. The van der Waals surface area contributed by atoms with Crippen LogP contribution < -0.4 is 0 Å². The van der Waals surface area contributed by atoms with E-state index in [1.165, 1.54) is 5.57 Å². The largest absolute Gasteiger partial charge is 0.469 e. The third kappa shape index (κ3) is 3.07. The lowest BCUT2D eigenvalue weighted by molar-refractivity contribution is -0.205. The summed E-state index contributed by atoms with van der Waals surface area (Å²) in [5.74, 6) is 0.969. The zero-order valence-corrected chi connectivity index (χ0v) is 23.2. The first-order valence-corrected chi connectivity index (χ1v) is 14.2. The van der Waals surface area contributed by atoms with Crippen molar-refractivity contribution in [3.8, 4) is 0 Å². The molecule has 0 heterocycles. The van der Waals surface area contributed by atoms with Gasteiger partial charge in [0.25, 0.3) is 0 Å². The summed E-state index contributed by atoms with van der Waals surface area (Å²) in [5.41, 5.74) is 0.955. The molecule has 5 aliphatic carbocycles. The molecule has 5 rings (SSSR count). The Bertz CT molecular complexity index is 952. The molecule has 0 amide bonds. The van der Waals surface area contributed by atoms with Crippen molar-refractivity contribution in [3.63, 3.8) is 0 Å². The number of hydrogen-bond acceptors (Lipinski definition) is 4. The topological polar surface area (TPSA) is 63.6 Å². The van der Waals surface area contributed by atoms with Crippen LogP contribution in [0.25, 0.3) is 0 Å². The number of methoxy groups -OCH3 is 1. The molecule has 0 aliphatic heterocycles. The van der Waals surface area contributed by atoms with Gasteiger partial charge >= 0.3 is 5.97 Å². The molecule has 0 unspecified atom stereocenters. The summed E-state index contributed by atoms with van der Waals surface area (Å²) in [4.78, 5) is 25.7. The third-order valence-corrected chi connectivity index (χ3v) is 13.2. The molecule has 4 nitrogen and oxygen atoms in total. The van der Waals surface area contributed by atoms with Crippen LogP contribution in [0.15, 0.2) is 11.6 Å². The maximum Gasteiger partial charge on any atom is 0.312 e. The fourth-order valence-corrected chi connectivity index (χ4v) is 10.7. The highest BCUT2D eigenvalue weighted by Crippen LogP contribution is 2.75. The molecular formula is C31H48O4. The van der Waals surface area contributed by atoms with Gasteiger partial charge in [0.1, 0.15) is 6.29 Å². The summed E-state index contributed by atoms with van der Waals surface area (Å²) < 4.78 is 5.47. The van der Waals surface area contributed by atoms with Crippen LogP contribution in [0.3, 0.4) is 0 Å². The van der Waals surface area contributed by atoms with Gasteiger partial charge in [-0.15, -0.1) is 0 Å². The molecule has 5 aliphatic rings.